The van der Waals surface area contributed by atoms with Gasteiger partial charge in [-0.1, -0.05) is 54.1 Å². The third kappa shape index (κ3) is 6.14. The molecule has 1 N–H and O–H groups in total. The highest BCUT2D eigenvalue weighted by Gasteiger charge is 2.23. The molecule has 1 aliphatic rings. The Bertz CT molecular complexity index is 608. The molecule has 1 fully saturated rings. The lowest BCUT2D eigenvalue weighted by atomic mass is 9.80. The molecule has 3 heteroatoms. The summed E-state index contributed by atoms with van der Waals surface area (Å²) in [4.78, 5) is 0. The zero-order valence-electron chi connectivity index (χ0n) is 14.8. The van der Waals surface area contributed by atoms with Crippen molar-refractivity contribution in [2.45, 2.75) is 32.2 Å². The van der Waals surface area contributed by atoms with Crippen LogP contribution in [0.15, 0.2) is 54.6 Å². The summed E-state index contributed by atoms with van der Waals surface area (Å²) in [6.45, 7) is 3.81. The minimum absolute atomic E-state index is 0.726. The van der Waals surface area contributed by atoms with Crippen LogP contribution in [-0.2, 0) is 17.7 Å². The normalized spacial score (nSPS) is 16.7. The van der Waals surface area contributed by atoms with Gasteiger partial charge in [-0.3, -0.25) is 0 Å². The third-order valence-electron chi connectivity index (χ3n) is 5.21. The molecule has 2 aromatic carbocycles. The van der Waals surface area contributed by atoms with Gasteiger partial charge in [0.2, 0.25) is 0 Å². The molecule has 2 nitrogen and oxygen atoms in total. The first-order chi connectivity index (χ1) is 12.3. The van der Waals surface area contributed by atoms with Gasteiger partial charge in [0.05, 0.1) is 0 Å². The number of nitrogens with one attached hydrogen (secondary N) is 1. The maximum Gasteiger partial charge on any atom is 0.0468 e. The van der Waals surface area contributed by atoms with E-state index in [0.29, 0.717) is 0 Å². The maximum atomic E-state index is 5.95. The van der Waals surface area contributed by atoms with Crippen molar-refractivity contribution in [3.8, 4) is 0 Å². The molecule has 1 atom stereocenters. The average molecular weight is 358 g/mol. The molecule has 1 aliphatic heterocycles. The standard InChI is InChI=1S/C22H28ClNO/c23-22-8-6-19(7-9-22)17-24-13-10-21(20-11-14-25-15-12-20)16-18-4-2-1-3-5-18/h1-9,20-21,24H,10-17H2. The molecule has 0 aromatic heterocycles. The predicted molar refractivity (Wildman–Crippen MR) is 105 cm³/mol. The lowest BCUT2D eigenvalue weighted by Crippen LogP contribution is -2.28. The SMILES string of the molecule is Clc1ccc(CNCCC(Cc2ccccc2)C2CCOCC2)cc1. The molecular weight excluding hydrogens is 330 g/mol. The van der Waals surface area contributed by atoms with E-state index < -0.39 is 0 Å². The van der Waals surface area contributed by atoms with Gasteiger partial charge in [0.25, 0.3) is 0 Å². The van der Waals surface area contributed by atoms with Crippen LogP contribution in [0.1, 0.15) is 30.4 Å². The van der Waals surface area contributed by atoms with Crippen molar-refractivity contribution in [1.29, 1.82) is 0 Å². The number of benzene rings is 2. The molecule has 0 radical (unpaired) electrons. The summed E-state index contributed by atoms with van der Waals surface area (Å²) in [7, 11) is 0. The van der Waals surface area contributed by atoms with Gasteiger partial charge in [-0.25, -0.2) is 0 Å². The van der Waals surface area contributed by atoms with Crippen LogP contribution >= 0.6 is 11.6 Å². The van der Waals surface area contributed by atoms with E-state index in [1.165, 1.54) is 36.8 Å². The van der Waals surface area contributed by atoms with Gasteiger partial charge in [-0.05, 0) is 67.3 Å². The quantitative estimate of drug-likeness (QED) is 0.663. The zero-order valence-corrected chi connectivity index (χ0v) is 15.5. The summed E-state index contributed by atoms with van der Waals surface area (Å²) in [5.74, 6) is 1.51. The largest absolute Gasteiger partial charge is 0.381 e. The fourth-order valence-electron chi connectivity index (χ4n) is 3.73. The Labute approximate surface area is 156 Å². The van der Waals surface area contributed by atoms with E-state index >= 15 is 0 Å². The van der Waals surface area contributed by atoms with Crippen LogP contribution < -0.4 is 5.32 Å². The molecule has 134 valence electrons. The highest BCUT2D eigenvalue weighted by molar-refractivity contribution is 6.30. The summed E-state index contributed by atoms with van der Waals surface area (Å²) in [6.07, 6.45) is 4.80. The summed E-state index contributed by atoms with van der Waals surface area (Å²) in [5, 5.41) is 4.40. The van der Waals surface area contributed by atoms with E-state index in [0.717, 1.165) is 43.2 Å². The van der Waals surface area contributed by atoms with E-state index in [1.807, 2.05) is 12.1 Å². The summed E-state index contributed by atoms with van der Waals surface area (Å²) in [5.41, 5.74) is 2.74. The number of hydrogen-bond acceptors (Lipinski definition) is 2. The van der Waals surface area contributed by atoms with E-state index in [9.17, 15) is 0 Å². The fraction of sp³-hybridized carbons (Fsp3) is 0.455. The molecule has 1 heterocycles. The van der Waals surface area contributed by atoms with Crippen molar-refractivity contribution in [2.75, 3.05) is 19.8 Å². The van der Waals surface area contributed by atoms with Gasteiger partial charge >= 0.3 is 0 Å². The summed E-state index contributed by atoms with van der Waals surface area (Å²) < 4.78 is 5.57. The van der Waals surface area contributed by atoms with Crippen LogP contribution in [0.3, 0.4) is 0 Å². The van der Waals surface area contributed by atoms with Gasteiger partial charge in [-0.15, -0.1) is 0 Å². The van der Waals surface area contributed by atoms with Crippen molar-refractivity contribution in [1.82, 2.24) is 5.32 Å². The number of halogens is 1. The van der Waals surface area contributed by atoms with Gasteiger partial charge in [-0.2, -0.15) is 0 Å². The smallest absolute Gasteiger partial charge is 0.0468 e. The summed E-state index contributed by atoms with van der Waals surface area (Å²) in [6, 6.07) is 19.0. The predicted octanol–water partition coefficient (Wildman–Crippen LogP) is 5.11. The van der Waals surface area contributed by atoms with Crippen LogP contribution in [0.5, 0.6) is 0 Å². The van der Waals surface area contributed by atoms with Crippen molar-refractivity contribution < 1.29 is 4.74 Å². The maximum absolute atomic E-state index is 5.95. The van der Waals surface area contributed by atoms with Crippen LogP contribution in [0.2, 0.25) is 5.02 Å². The Kier molecular flexibility index (Phi) is 7.35. The third-order valence-corrected chi connectivity index (χ3v) is 5.46. The molecule has 0 aliphatic carbocycles. The zero-order chi connectivity index (χ0) is 17.3. The van der Waals surface area contributed by atoms with Gasteiger partial charge in [0, 0.05) is 24.8 Å². The number of hydrogen-bond donors (Lipinski definition) is 1. The molecular formula is C22H28ClNO. The van der Waals surface area contributed by atoms with Gasteiger partial charge in [0.15, 0.2) is 0 Å². The highest BCUT2D eigenvalue weighted by Crippen LogP contribution is 2.29. The Morgan fingerprint density at radius 2 is 1.68 bits per heavy atom. The van der Waals surface area contributed by atoms with Crippen LogP contribution in [0.4, 0.5) is 0 Å². The Balaban J connectivity index is 1.50. The van der Waals surface area contributed by atoms with Crippen molar-refractivity contribution in [3.63, 3.8) is 0 Å². The molecule has 3 rings (SSSR count). The van der Waals surface area contributed by atoms with E-state index in [2.05, 4.69) is 47.8 Å². The van der Waals surface area contributed by atoms with E-state index in [1.54, 1.807) is 0 Å². The Morgan fingerprint density at radius 1 is 0.960 bits per heavy atom. The van der Waals surface area contributed by atoms with Crippen molar-refractivity contribution in [3.05, 3.63) is 70.7 Å². The number of rotatable bonds is 8. The second kappa shape index (κ2) is 9.96. The van der Waals surface area contributed by atoms with Crippen molar-refractivity contribution in [2.24, 2.45) is 11.8 Å². The number of ether oxygens (including phenoxy) is 1. The first-order valence-electron chi connectivity index (χ1n) is 9.38. The second-order valence-corrected chi connectivity index (χ2v) is 7.43. The Hall–Kier alpha value is -1.35. The molecule has 0 bridgehead atoms. The average Bonchev–Trinajstić information content (AvgIpc) is 2.67. The molecule has 0 spiro atoms. The van der Waals surface area contributed by atoms with Crippen LogP contribution in [0, 0.1) is 11.8 Å². The Morgan fingerprint density at radius 3 is 2.40 bits per heavy atom. The lowest BCUT2D eigenvalue weighted by molar-refractivity contribution is 0.0449. The summed E-state index contributed by atoms with van der Waals surface area (Å²) >= 11 is 5.95. The molecule has 0 amide bonds. The highest BCUT2D eigenvalue weighted by atomic mass is 35.5. The molecule has 1 saturated heterocycles. The monoisotopic (exact) mass is 357 g/mol. The van der Waals surface area contributed by atoms with Crippen LogP contribution in [0.25, 0.3) is 0 Å². The first-order valence-corrected chi connectivity index (χ1v) is 9.76. The van der Waals surface area contributed by atoms with Gasteiger partial charge < -0.3 is 10.1 Å². The molecule has 25 heavy (non-hydrogen) atoms. The molecule has 2 aromatic rings. The minimum Gasteiger partial charge on any atom is -0.381 e. The van der Waals surface area contributed by atoms with E-state index in [4.69, 9.17) is 16.3 Å². The van der Waals surface area contributed by atoms with E-state index in [-0.39, 0.29) is 0 Å². The second-order valence-electron chi connectivity index (χ2n) is 6.99. The fourth-order valence-corrected chi connectivity index (χ4v) is 3.86. The van der Waals surface area contributed by atoms with Crippen molar-refractivity contribution >= 4 is 11.6 Å². The van der Waals surface area contributed by atoms with Gasteiger partial charge in [0.1, 0.15) is 0 Å². The van der Waals surface area contributed by atoms with Crippen LogP contribution in [-0.4, -0.2) is 19.8 Å². The topological polar surface area (TPSA) is 21.3 Å². The minimum atomic E-state index is 0.726. The lowest BCUT2D eigenvalue weighted by Gasteiger charge is -2.30. The molecule has 1 unspecified atom stereocenters. The molecule has 0 saturated carbocycles. The first kappa shape index (κ1) is 18.4.